The molecule has 360 valence electrons. The van der Waals surface area contributed by atoms with Gasteiger partial charge in [0.15, 0.2) is 11.5 Å². The summed E-state index contributed by atoms with van der Waals surface area (Å²) in [5, 5.41) is 5.78. The van der Waals surface area contributed by atoms with E-state index in [1.54, 1.807) is 45.9 Å². The van der Waals surface area contributed by atoms with Crippen LogP contribution in [-0.2, 0) is 46.2 Å². The minimum absolute atomic E-state index is 0.0182. The molecule has 0 spiro atoms. The average Bonchev–Trinajstić information content (AvgIpc) is 3.65. The smallest absolute Gasteiger partial charge is 0.482 e. The Morgan fingerprint density at radius 1 is 0.910 bits per heavy atom. The van der Waals surface area contributed by atoms with Crippen LogP contribution in [0.3, 0.4) is 0 Å². The van der Waals surface area contributed by atoms with Crippen LogP contribution in [0.25, 0.3) is 0 Å². The molecule has 2 N–H and O–H groups in total. The summed E-state index contributed by atoms with van der Waals surface area (Å²) < 4.78 is 42.1. The Labute approximate surface area is 397 Å². The Morgan fingerprint density at radius 2 is 1.63 bits per heavy atom. The Kier molecular flexibility index (Phi) is 14.6. The maximum Gasteiger partial charge on any atom is 0.482 e. The second kappa shape index (κ2) is 19.7. The predicted molar refractivity (Wildman–Crippen MR) is 249 cm³/mol. The molecule has 3 aliphatic carbocycles. The number of benzene rings is 3. The van der Waals surface area contributed by atoms with Crippen LogP contribution in [0.5, 0.6) is 17.2 Å². The van der Waals surface area contributed by atoms with Gasteiger partial charge in [-0.25, -0.2) is 9.59 Å². The van der Waals surface area contributed by atoms with Crippen LogP contribution in [0.4, 0.5) is 4.79 Å². The van der Waals surface area contributed by atoms with E-state index in [0.717, 1.165) is 23.3 Å². The largest absolute Gasteiger partial charge is 0.496 e. The van der Waals surface area contributed by atoms with Crippen LogP contribution in [0.2, 0.25) is 5.02 Å². The maximum absolute atomic E-state index is 15.1. The van der Waals surface area contributed by atoms with Crippen molar-refractivity contribution in [1.82, 2.24) is 20.4 Å². The second-order valence-electron chi connectivity index (χ2n) is 19.6. The van der Waals surface area contributed by atoms with Crippen LogP contribution in [-0.4, -0.2) is 117 Å². The molecule has 0 aromatic heterocycles. The third-order valence-corrected chi connectivity index (χ3v) is 14.2. The number of piperazine rings is 1. The predicted octanol–water partition coefficient (Wildman–Crippen LogP) is 6.34. The zero-order chi connectivity index (χ0) is 48.6. The van der Waals surface area contributed by atoms with Crippen molar-refractivity contribution in [3.63, 3.8) is 0 Å². The second-order valence-corrected chi connectivity index (χ2v) is 19.9. The van der Waals surface area contributed by atoms with Crippen molar-refractivity contribution in [3.8, 4) is 17.2 Å². The number of esters is 1. The van der Waals surface area contributed by atoms with Gasteiger partial charge in [-0.15, -0.1) is 0 Å². The molecule has 18 heteroatoms. The normalized spacial score (nSPS) is 24.0. The highest BCUT2D eigenvalue weighted by molar-refractivity contribution is 6.48. The average molecular weight is 945 g/mol. The lowest BCUT2D eigenvalue weighted by Gasteiger charge is -2.64. The number of nitrogens with zero attached hydrogens (tertiary/aromatic N) is 2. The molecule has 7 atom stereocenters. The Hall–Kier alpha value is -5.36. The van der Waals surface area contributed by atoms with Gasteiger partial charge in [-0.05, 0) is 94.4 Å². The van der Waals surface area contributed by atoms with Crippen molar-refractivity contribution >= 4 is 48.4 Å². The molecule has 5 amide bonds. The van der Waals surface area contributed by atoms with E-state index < -0.39 is 66.1 Å². The molecule has 8 rings (SSSR count). The highest BCUT2D eigenvalue weighted by Crippen LogP contribution is 2.65. The number of carbonyl (C=O) groups is 5. The molecule has 2 heterocycles. The first-order valence-electron chi connectivity index (χ1n) is 22.7. The zero-order valence-electron chi connectivity index (χ0n) is 39.9. The fraction of sp³-hybridized carbons (Fsp3) is 0.531. The number of carbonyl (C=O) groups excluding carboxylic acids is 5. The lowest BCUT2D eigenvalue weighted by atomic mass is 9.43. The summed E-state index contributed by atoms with van der Waals surface area (Å²) in [5.41, 5.74) is 0.350. The van der Waals surface area contributed by atoms with E-state index in [9.17, 15) is 19.2 Å². The summed E-state index contributed by atoms with van der Waals surface area (Å²) >= 11 is 6.98. The van der Waals surface area contributed by atoms with Gasteiger partial charge in [0.2, 0.25) is 5.91 Å². The number of hydrogen-bond donors (Lipinski definition) is 2. The van der Waals surface area contributed by atoms with Crippen molar-refractivity contribution < 1.29 is 57.0 Å². The zero-order valence-corrected chi connectivity index (χ0v) is 40.7. The number of amides is 5. The van der Waals surface area contributed by atoms with E-state index >= 15 is 4.79 Å². The van der Waals surface area contributed by atoms with E-state index in [-0.39, 0.29) is 77.0 Å². The Morgan fingerprint density at radius 3 is 2.28 bits per heavy atom. The molecule has 2 unspecified atom stereocenters. The first-order chi connectivity index (χ1) is 31.7. The third kappa shape index (κ3) is 9.97. The number of imide groups is 1. The number of ether oxygens (including phenoxy) is 5. The van der Waals surface area contributed by atoms with Gasteiger partial charge in [-0.1, -0.05) is 74.0 Å². The van der Waals surface area contributed by atoms with E-state index in [0.29, 0.717) is 18.1 Å². The molecule has 16 nitrogen and oxygen atoms in total. The molecule has 5 fully saturated rings. The molecule has 2 saturated heterocycles. The van der Waals surface area contributed by atoms with Gasteiger partial charge in [0.25, 0.3) is 0 Å². The minimum atomic E-state index is -1.58. The highest BCUT2D eigenvalue weighted by atomic mass is 35.5. The number of urea groups is 1. The quantitative estimate of drug-likeness (QED) is 0.0705. The third-order valence-electron chi connectivity index (χ3n) is 13.8. The van der Waals surface area contributed by atoms with Crippen molar-refractivity contribution in [3.05, 3.63) is 87.9 Å². The summed E-state index contributed by atoms with van der Waals surface area (Å²) in [6, 6.07) is 14.3. The molecule has 0 radical (unpaired) electrons. The van der Waals surface area contributed by atoms with Crippen molar-refractivity contribution in [2.24, 2.45) is 17.3 Å². The lowest BCUT2D eigenvalue weighted by molar-refractivity contribution is -0.199. The van der Waals surface area contributed by atoms with Crippen LogP contribution in [0.15, 0.2) is 60.7 Å². The monoisotopic (exact) mass is 944 g/mol. The van der Waals surface area contributed by atoms with Gasteiger partial charge < -0.3 is 48.5 Å². The summed E-state index contributed by atoms with van der Waals surface area (Å²) in [6.07, 6.45) is 1.53. The molecule has 5 aliphatic rings. The molecule has 3 aromatic rings. The van der Waals surface area contributed by atoms with E-state index in [2.05, 4.69) is 31.4 Å². The van der Waals surface area contributed by atoms with Crippen molar-refractivity contribution in [2.45, 2.75) is 110 Å². The molecule has 2 aliphatic heterocycles. The van der Waals surface area contributed by atoms with E-state index in [1.807, 2.05) is 30.3 Å². The van der Waals surface area contributed by atoms with Crippen LogP contribution in [0, 0.1) is 17.3 Å². The van der Waals surface area contributed by atoms with Gasteiger partial charge >= 0.3 is 30.9 Å². The number of nitrogens with one attached hydrogen (secondary N) is 2. The highest BCUT2D eigenvalue weighted by Gasteiger charge is 2.68. The van der Waals surface area contributed by atoms with Gasteiger partial charge in [0.05, 0.1) is 63.3 Å². The van der Waals surface area contributed by atoms with E-state index in [4.69, 9.17) is 44.6 Å². The van der Waals surface area contributed by atoms with Crippen LogP contribution in [0.1, 0.15) is 94.4 Å². The number of hydrogen-bond acceptors (Lipinski definition) is 12. The molecular weight excluding hydrogens is 883 g/mol. The standard InChI is InChI=1S/C49H62BClN4O12/c1-28-26-54(21-22-64-27-29-15-12-11-13-16-29)43(57)44(58)55(28)46(60)53-39(32-19-20-34(61-8)41(63-10)38(32)51)42(56)52-37(50-66-36-25-31-24-35(48(31,5)6)49(36,7)67-50)23-30-17-14-18-33(40(30)62-9)45(59)65-47(2,3)4/h11-20,28,31,35-37,39H,21-27H2,1-10H3,(H,52,56)(H,53,60)/t28-,31-,35-,36+,37?,39?,49-/m0/s1. The molecule has 3 aromatic carbocycles. The maximum atomic E-state index is 15.1. The first kappa shape index (κ1) is 49.5. The fourth-order valence-corrected chi connectivity index (χ4v) is 10.6. The van der Waals surface area contributed by atoms with Crippen molar-refractivity contribution in [1.29, 1.82) is 0 Å². The number of halogens is 1. The molecule has 2 bridgehead atoms. The van der Waals surface area contributed by atoms with Crippen molar-refractivity contribution in [2.75, 3.05) is 41.0 Å². The summed E-state index contributed by atoms with van der Waals surface area (Å²) in [4.78, 5) is 72.5. The summed E-state index contributed by atoms with van der Waals surface area (Å²) in [6.45, 7) is 14.1. The number of para-hydroxylation sites is 1. The lowest BCUT2D eigenvalue weighted by Crippen LogP contribution is -2.65. The van der Waals surface area contributed by atoms with E-state index in [1.165, 1.54) is 38.4 Å². The van der Waals surface area contributed by atoms with Gasteiger partial charge in [-0.3, -0.25) is 19.3 Å². The summed E-state index contributed by atoms with van der Waals surface area (Å²) in [7, 11) is 3.27. The fourth-order valence-electron chi connectivity index (χ4n) is 10.2. The molecule has 3 saturated carbocycles. The molecular formula is C49H62BClN4O12. The Bertz CT molecular complexity index is 2360. The Balaban J connectivity index is 1.19. The topological polar surface area (TPSA) is 180 Å². The number of methoxy groups -OCH3 is 3. The minimum Gasteiger partial charge on any atom is -0.496 e. The van der Waals surface area contributed by atoms with Gasteiger partial charge in [0, 0.05) is 18.7 Å². The van der Waals surface area contributed by atoms with Crippen LogP contribution >= 0.6 is 11.6 Å². The summed E-state index contributed by atoms with van der Waals surface area (Å²) in [5.74, 6) is -3.03. The SMILES string of the molecule is COc1ccc(C(NC(=O)N2C(=O)C(=O)N(CCOCc3ccccc3)C[C@@H]2C)C(=O)NC(Cc2cccc(C(=O)OC(C)(C)C)c2OC)B2O[C@@H]3C[C@@H]4C[C@@H](C4(C)C)[C@]3(C)O2)c(Cl)c1OC. The number of rotatable bonds is 16. The van der Waals surface area contributed by atoms with Crippen LogP contribution < -0.4 is 24.8 Å². The van der Waals surface area contributed by atoms with Gasteiger partial charge in [0.1, 0.15) is 23.0 Å². The first-order valence-corrected chi connectivity index (χ1v) is 23.1. The molecule has 67 heavy (non-hydrogen) atoms. The van der Waals surface area contributed by atoms with Gasteiger partial charge in [-0.2, -0.15) is 0 Å².